The molecule has 1 aromatic rings. The molecule has 0 unspecified atom stereocenters. The molecule has 1 spiro atoms. The number of nitrogens with zero attached hydrogens (tertiary/aromatic N) is 3. The number of nitrogens with one attached hydrogen (secondary N) is 1. The van der Waals surface area contributed by atoms with E-state index in [0.717, 1.165) is 24.9 Å². The lowest BCUT2D eigenvalue weighted by Gasteiger charge is -2.39. The molecule has 3 heterocycles. The summed E-state index contributed by atoms with van der Waals surface area (Å²) in [6, 6.07) is 3.10. The predicted octanol–water partition coefficient (Wildman–Crippen LogP) is 0.0910. The molecule has 0 aliphatic carbocycles. The van der Waals surface area contributed by atoms with E-state index in [9.17, 15) is 14.4 Å². The first-order valence-corrected chi connectivity index (χ1v) is 8.49. The van der Waals surface area contributed by atoms with Crippen LogP contribution in [0, 0.1) is 5.41 Å². The van der Waals surface area contributed by atoms with E-state index in [-0.39, 0.29) is 18.4 Å². The molecular formula is C17H23N5O3. The number of piperidine rings is 1. The van der Waals surface area contributed by atoms with Gasteiger partial charge in [-0.15, -0.1) is 0 Å². The number of urea groups is 1. The monoisotopic (exact) mass is 345 g/mol. The van der Waals surface area contributed by atoms with Crippen LogP contribution in [0.25, 0.3) is 0 Å². The van der Waals surface area contributed by atoms with E-state index in [1.165, 1.54) is 0 Å². The van der Waals surface area contributed by atoms with Crippen LogP contribution < -0.4 is 11.1 Å². The molecule has 4 amide bonds. The van der Waals surface area contributed by atoms with Crippen molar-refractivity contribution in [1.29, 1.82) is 0 Å². The van der Waals surface area contributed by atoms with Crippen molar-refractivity contribution in [2.75, 3.05) is 26.2 Å². The normalized spacial score (nSPS) is 23.1. The summed E-state index contributed by atoms with van der Waals surface area (Å²) in [7, 11) is 0. The molecule has 8 heteroatoms. The standard InChI is InChI=1S/C17H23N5O3/c18-16(25)20-10-14(23)22-8-5-17(12-22)4-2-7-21(15(17)24)11-13-3-1-6-19-9-13/h1,3,6,9H,2,4-5,7-8,10-12H2,(H3,18,20,25)/t17-/m0/s1. The van der Waals surface area contributed by atoms with Gasteiger partial charge in [-0.25, -0.2) is 4.79 Å². The number of hydrogen-bond acceptors (Lipinski definition) is 4. The molecule has 0 radical (unpaired) electrons. The Hall–Kier alpha value is -2.64. The minimum absolute atomic E-state index is 0.112. The smallest absolute Gasteiger partial charge is 0.312 e. The maximum atomic E-state index is 13.1. The summed E-state index contributed by atoms with van der Waals surface area (Å²) in [5.74, 6) is -0.0892. The highest BCUT2D eigenvalue weighted by atomic mass is 16.2. The van der Waals surface area contributed by atoms with Gasteiger partial charge in [0, 0.05) is 38.6 Å². The molecule has 0 saturated carbocycles. The molecule has 8 nitrogen and oxygen atoms in total. The van der Waals surface area contributed by atoms with Crippen LogP contribution in [0.3, 0.4) is 0 Å². The first kappa shape index (κ1) is 17.2. The Bertz CT molecular complexity index is 666. The highest BCUT2D eigenvalue weighted by Gasteiger charge is 2.49. The Labute approximate surface area is 146 Å². The first-order valence-electron chi connectivity index (χ1n) is 8.49. The fourth-order valence-corrected chi connectivity index (χ4v) is 3.75. The van der Waals surface area contributed by atoms with Crippen LogP contribution in [-0.4, -0.2) is 58.8 Å². The summed E-state index contributed by atoms with van der Waals surface area (Å²) in [5, 5.41) is 2.31. The highest BCUT2D eigenvalue weighted by molar-refractivity contribution is 5.87. The summed E-state index contributed by atoms with van der Waals surface area (Å²) < 4.78 is 0. The van der Waals surface area contributed by atoms with Gasteiger partial charge in [-0.05, 0) is 30.9 Å². The number of aromatic nitrogens is 1. The number of primary amides is 1. The highest BCUT2D eigenvalue weighted by Crippen LogP contribution is 2.40. The number of nitrogens with two attached hydrogens (primary N) is 1. The molecule has 0 bridgehead atoms. The van der Waals surface area contributed by atoms with Crippen molar-refractivity contribution in [3.8, 4) is 0 Å². The molecule has 3 N–H and O–H groups in total. The zero-order valence-corrected chi connectivity index (χ0v) is 14.1. The third-order valence-electron chi connectivity index (χ3n) is 5.04. The zero-order chi connectivity index (χ0) is 17.9. The van der Waals surface area contributed by atoms with E-state index in [0.29, 0.717) is 26.1 Å². The van der Waals surface area contributed by atoms with Gasteiger partial charge in [0.2, 0.25) is 11.8 Å². The van der Waals surface area contributed by atoms with Gasteiger partial charge >= 0.3 is 6.03 Å². The molecular weight excluding hydrogens is 322 g/mol. The van der Waals surface area contributed by atoms with E-state index >= 15 is 0 Å². The first-order chi connectivity index (χ1) is 12.0. The average molecular weight is 345 g/mol. The van der Waals surface area contributed by atoms with E-state index in [1.54, 1.807) is 17.3 Å². The molecule has 0 aromatic carbocycles. The molecule has 2 aliphatic heterocycles. The summed E-state index contributed by atoms with van der Waals surface area (Å²) in [5.41, 5.74) is 5.51. The minimum Gasteiger partial charge on any atom is -0.352 e. The molecule has 3 rings (SSSR count). The predicted molar refractivity (Wildman–Crippen MR) is 90.1 cm³/mol. The minimum atomic E-state index is -0.723. The van der Waals surface area contributed by atoms with Gasteiger partial charge in [0.15, 0.2) is 0 Å². The third-order valence-corrected chi connectivity index (χ3v) is 5.04. The van der Waals surface area contributed by atoms with Crippen LogP contribution in [0.1, 0.15) is 24.8 Å². The van der Waals surface area contributed by atoms with Crippen molar-refractivity contribution in [3.63, 3.8) is 0 Å². The Morgan fingerprint density at radius 3 is 2.88 bits per heavy atom. The lowest BCUT2D eigenvalue weighted by Crippen LogP contribution is -2.50. The van der Waals surface area contributed by atoms with E-state index in [1.807, 2.05) is 17.0 Å². The zero-order valence-electron chi connectivity index (χ0n) is 14.1. The summed E-state index contributed by atoms with van der Waals surface area (Å²) in [4.78, 5) is 43.6. The molecule has 25 heavy (non-hydrogen) atoms. The largest absolute Gasteiger partial charge is 0.352 e. The van der Waals surface area contributed by atoms with Crippen molar-refractivity contribution in [2.45, 2.75) is 25.8 Å². The van der Waals surface area contributed by atoms with Crippen LogP contribution >= 0.6 is 0 Å². The van der Waals surface area contributed by atoms with E-state index < -0.39 is 11.4 Å². The van der Waals surface area contributed by atoms with Gasteiger partial charge in [0.25, 0.3) is 0 Å². The summed E-state index contributed by atoms with van der Waals surface area (Å²) in [6.07, 6.45) is 5.87. The molecule has 1 aromatic heterocycles. The Kier molecular flexibility index (Phi) is 4.87. The van der Waals surface area contributed by atoms with Crippen molar-refractivity contribution in [1.82, 2.24) is 20.1 Å². The van der Waals surface area contributed by atoms with Crippen LogP contribution in [0.5, 0.6) is 0 Å². The van der Waals surface area contributed by atoms with Crippen LogP contribution in [-0.2, 0) is 16.1 Å². The SMILES string of the molecule is NC(=O)NCC(=O)N1CC[C@@]2(CCCN(Cc3cccnc3)C2=O)C1. The fourth-order valence-electron chi connectivity index (χ4n) is 3.75. The fraction of sp³-hybridized carbons (Fsp3) is 0.529. The Balaban J connectivity index is 1.64. The second kappa shape index (κ2) is 7.08. The summed E-state index contributed by atoms with van der Waals surface area (Å²) in [6.45, 7) is 2.09. The lowest BCUT2D eigenvalue weighted by atomic mass is 9.78. The van der Waals surface area contributed by atoms with Crippen molar-refractivity contribution in [2.24, 2.45) is 11.1 Å². The van der Waals surface area contributed by atoms with Crippen LogP contribution in [0.2, 0.25) is 0 Å². The Morgan fingerprint density at radius 2 is 2.16 bits per heavy atom. The second-order valence-electron chi connectivity index (χ2n) is 6.75. The number of carbonyl (C=O) groups excluding carboxylic acids is 3. The van der Waals surface area contributed by atoms with Gasteiger partial charge < -0.3 is 20.9 Å². The number of pyridine rings is 1. The summed E-state index contributed by atoms with van der Waals surface area (Å²) >= 11 is 0. The number of amides is 4. The van der Waals surface area contributed by atoms with Gasteiger partial charge in [-0.2, -0.15) is 0 Å². The average Bonchev–Trinajstić information content (AvgIpc) is 3.03. The maximum absolute atomic E-state index is 13.1. The Morgan fingerprint density at radius 1 is 1.32 bits per heavy atom. The van der Waals surface area contributed by atoms with Crippen LogP contribution in [0.4, 0.5) is 4.79 Å². The van der Waals surface area contributed by atoms with Gasteiger partial charge in [-0.3, -0.25) is 14.6 Å². The molecule has 2 saturated heterocycles. The molecule has 134 valence electrons. The van der Waals surface area contributed by atoms with E-state index in [4.69, 9.17) is 5.73 Å². The number of carbonyl (C=O) groups is 3. The number of hydrogen-bond donors (Lipinski definition) is 2. The van der Waals surface area contributed by atoms with Gasteiger partial charge in [-0.1, -0.05) is 6.07 Å². The second-order valence-corrected chi connectivity index (χ2v) is 6.75. The molecule has 2 fully saturated rings. The number of rotatable bonds is 4. The molecule has 1 atom stereocenters. The van der Waals surface area contributed by atoms with Gasteiger partial charge in [0.1, 0.15) is 0 Å². The lowest BCUT2D eigenvalue weighted by molar-refractivity contribution is -0.146. The van der Waals surface area contributed by atoms with E-state index in [2.05, 4.69) is 10.3 Å². The topological polar surface area (TPSA) is 109 Å². The van der Waals surface area contributed by atoms with Crippen molar-refractivity contribution >= 4 is 17.8 Å². The van der Waals surface area contributed by atoms with Gasteiger partial charge in [0.05, 0.1) is 12.0 Å². The third kappa shape index (κ3) is 3.72. The van der Waals surface area contributed by atoms with Crippen molar-refractivity contribution < 1.29 is 14.4 Å². The quantitative estimate of drug-likeness (QED) is 0.806. The molecule has 2 aliphatic rings. The maximum Gasteiger partial charge on any atom is 0.312 e. The van der Waals surface area contributed by atoms with Crippen LogP contribution in [0.15, 0.2) is 24.5 Å². The number of likely N-dealkylation sites (tertiary alicyclic amines) is 2. The van der Waals surface area contributed by atoms with Crippen molar-refractivity contribution in [3.05, 3.63) is 30.1 Å².